The number of aliphatic hydroxyl groups excluding tert-OH is 1. The summed E-state index contributed by atoms with van der Waals surface area (Å²) in [5.74, 6) is 2.20. The summed E-state index contributed by atoms with van der Waals surface area (Å²) in [7, 11) is 5.96. The molecule has 7 heteroatoms. The Morgan fingerprint density at radius 3 is 2.61 bits per heavy atom. The number of methoxy groups -OCH3 is 1. The largest absolute Gasteiger partial charge is 0.493 e. The van der Waals surface area contributed by atoms with Crippen LogP contribution in [0.5, 0.6) is 11.5 Å². The van der Waals surface area contributed by atoms with Crippen molar-refractivity contribution in [1.29, 1.82) is 0 Å². The van der Waals surface area contributed by atoms with Crippen LogP contribution < -0.4 is 9.47 Å². The molecule has 2 aliphatic heterocycles. The third kappa shape index (κ3) is 8.24. The zero-order valence-electron chi connectivity index (χ0n) is 19.6. The maximum Gasteiger partial charge on any atom is 0.161 e. The molecule has 7 nitrogen and oxygen atoms in total. The van der Waals surface area contributed by atoms with Gasteiger partial charge in [-0.15, -0.1) is 0 Å². The fourth-order valence-corrected chi connectivity index (χ4v) is 4.33. The molecule has 31 heavy (non-hydrogen) atoms. The molecule has 2 fully saturated rings. The van der Waals surface area contributed by atoms with Gasteiger partial charge in [-0.2, -0.15) is 0 Å². The molecule has 1 N–H and O–H groups in total. The normalized spacial score (nSPS) is 20.2. The summed E-state index contributed by atoms with van der Waals surface area (Å²) in [6.07, 6.45) is 3.08. The Bertz CT molecular complexity index is 646. The molecular weight excluding hydrogens is 394 g/mol. The van der Waals surface area contributed by atoms with Crippen molar-refractivity contribution in [3.05, 3.63) is 23.8 Å². The second-order valence-corrected chi connectivity index (χ2v) is 9.14. The van der Waals surface area contributed by atoms with E-state index in [9.17, 15) is 5.11 Å². The van der Waals surface area contributed by atoms with E-state index in [-0.39, 0.29) is 6.61 Å². The Morgan fingerprint density at radius 2 is 1.90 bits per heavy atom. The molecule has 0 bridgehead atoms. The first-order chi connectivity index (χ1) is 15.0. The lowest BCUT2D eigenvalue weighted by atomic mass is 9.96. The van der Waals surface area contributed by atoms with Gasteiger partial charge in [-0.1, -0.05) is 6.07 Å². The molecule has 0 spiro atoms. The Morgan fingerprint density at radius 1 is 1.16 bits per heavy atom. The molecule has 0 aliphatic carbocycles. The van der Waals surface area contributed by atoms with E-state index in [1.807, 2.05) is 12.1 Å². The number of nitrogens with zero attached hydrogens (tertiary/aromatic N) is 3. The van der Waals surface area contributed by atoms with Crippen LogP contribution in [0.2, 0.25) is 0 Å². The highest BCUT2D eigenvalue weighted by Crippen LogP contribution is 2.29. The van der Waals surface area contributed by atoms with Crippen molar-refractivity contribution in [1.82, 2.24) is 14.7 Å². The first-order valence-corrected chi connectivity index (χ1v) is 11.7. The lowest BCUT2D eigenvalue weighted by Gasteiger charge is -2.33. The lowest BCUT2D eigenvalue weighted by molar-refractivity contribution is 0.0497. The van der Waals surface area contributed by atoms with Crippen LogP contribution in [0.3, 0.4) is 0 Å². The van der Waals surface area contributed by atoms with Crippen molar-refractivity contribution in [3.63, 3.8) is 0 Å². The summed E-state index contributed by atoms with van der Waals surface area (Å²) in [5, 5.41) is 10.5. The average Bonchev–Trinajstić information content (AvgIpc) is 2.79. The van der Waals surface area contributed by atoms with Gasteiger partial charge >= 0.3 is 0 Å². The van der Waals surface area contributed by atoms with Gasteiger partial charge in [0.1, 0.15) is 12.7 Å². The monoisotopic (exact) mass is 435 g/mol. The number of ether oxygens (including phenoxy) is 3. The molecule has 2 heterocycles. The Balaban J connectivity index is 1.46. The van der Waals surface area contributed by atoms with Crippen LogP contribution in [-0.4, -0.2) is 106 Å². The van der Waals surface area contributed by atoms with E-state index in [2.05, 4.69) is 34.9 Å². The van der Waals surface area contributed by atoms with Crippen LogP contribution >= 0.6 is 0 Å². The number of benzene rings is 1. The Labute approximate surface area is 187 Å². The maximum atomic E-state index is 10.5. The number of hydrogen-bond donors (Lipinski definition) is 1. The Kier molecular flexibility index (Phi) is 9.87. The van der Waals surface area contributed by atoms with Crippen LogP contribution in [0.4, 0.5) is 0 Å². The third-order valence-corrected chi connectivity index (χ3v) is 6.44. The van der Waals surface area contributed by atoms with Gasteiger partial charge in [0.15, 0.2) is 11.5 Å². The maximum absolute atomic E-state index is 10.5. The van der Waals surface area contributed by atoms with Crippen molar-refractivity contribution < 1.29 is 19.3 Å². The molecule has 0 saturated carbocycles. The molecule has 176 valence electrons. The molecule has 2 aliphatic rings. The first-order valence-electron chi connectivity index (χ1n) is 11.7. The van der Waals surface area contributed by atoms with Crippen molar-refractivity contribution in [2.45, 2.75) is 31.9 Å². The van der Waals surface area contributed by atoms with Crippen LogP contribution in [0.15, 0.2) is 18.2 Å². The van der Waals surface area contributed by atoms with E-state index in [4.69, 9.17) is 14.2 Å². The van der Waals surface area contributed by atoms with E-state index in [0.717, 1.165) is 58.4 Å². The molecule has 1 atom stereocenters. The van der Waals surface area contributed by atoms with E-state index < -0.39 is 6.10 Å². The standard InChI is InChI=1S/C24H41N3O4/c1-25-10-12-27(13-11-25)18-22(28)19-31-24-16-21(4-5-23(24)29-3)17-26(2)9-6-20-7-14-30-15-8-20/h4-5,16,20,22,28H,6-15,17-19H2,1-3H3. The molecule has 0 amide bonds. The summed E-state index contributed by atoms with van der Waals surface area (Å²) in [6.45, 7) is 8.76. The number of hydrogen-bond acceptors (Lipinski definition) is 7. The second-order valence-electron chi connectivity index (χ2n) is 9.14. The highest BCUT2D eigenvalue weighted by atomic mass is 16.5. The zero-order chi connectivity index (χ0) is 22.1. The van der Waals surface area contributed by atoms with E-state index >= 15 is 0 Å². The summed E-state index contributed by atoms with van der Waals surface area (Å²) in [4.78, 5) is 6.98. The molecule has 1 unspecified atom stereocenters. The predicted molar refractivity (Wildman–Crippen MR) is 123 cm³/mol. The fourth-order valence-electron chi connectivity index (χ4n) is 4.33. The van der Waals surface area contributed by atoms with Crippen LogP contribution in [-0.2, 0) is 11.3 Å². The minimum absolute atomic E-state index is 0.270. The van der Waals surface area contributed by atoms with Crippen molar-refractivity contribution in [3.8, 4) is 11.5 Å². The second kappa shape index (κ2) is 12.6. The van der Waals surface area contributed by atoms with Crippen LogP contribution in [0.25, 0.3) is 0 Å². The number of likely N-dealkylation sites (N-methyl/N-ethyl adjacent to an activating group) is 1. The molecule has 0 radical (unpaired) electrons. The lowest BCUT2D eigenvalue weighted by Crippen LogP contribution is -2.47. The molecule has 1 aromatic rings. The van der Waals surface area contributed by atoms with Gasteiger partial charge in [-0.05, 0) is 63.5 Å². The van der Waals surface area contributed by atoms with Crippen LogP contribution in [0, 0.1) is 5.92 Å². The zero-order valence-corrected chi connectivity index (χ0v) is 19.6. The number of piperazine rings is 1. The number of aliphatic hydroxyl groups is 1. The number of β-amino-alcohol motifs (C(OH)–C–C–N with tert-alkyl or cyclic N) is 1. The average molecular weight is 436 g/mol. The van der Waals surface area contributed by atoms with Crippen LogP contribution in [0.1, 0.15) is 24.8 Å². The molecule has 0 aromatic heterocycles. The van der Waals surface area contributed by atoms with Gasteiger partial charge in [0, 0.05) is 52.5 Å². The van der Waals surface area contributed by atoms with Crippen molar-refractivity contribution in [2.24, 2.45) is 5.92 Å². The van der Waals surface area contributed by atoms with Gasteiger partial charge < -0.3 is 29.1 Å². The summed E-state index contributed by atoms with van der Waals surface area (Å²) >= 11 is 0. The highest BCUT2D eigenvalue weighted by molar-refractivity contribution is 5.43. The third-order valence-electron chi connectivity index (χ3n) is 6.44. The summed E-state index contributed by atoms with van der Waals surface area (Å²) in [5.41, 5.74) is 1.19. The van der Waals surface area contributed by atoms with Gasteiger partial charge in [0.2, 0.25) is 0 Å². The SMILES string of the molecule is COc1ccc(CN(C)CCC2CCOCC2)cc1OCC(O)CN1CCN(C)CC1. The molecular formula is C24H41N3O4. The highest BCUT2D eigenvalue weighted by Gasteiger charge is 2.18. The fraction of sp³-hybridized carbons (Fsp3) is 0.750. The molecule has 2 saturated heterocycles. The summed E-state index contributed by atoms with van der Waals surface area (Å²) in [6, 6.07) is 6.10. The number of rotatable bonds is 11. The van der Waals surface area contributed by atoms with E-state index in [1.165, 1.54) is 24.8 Å². The van der Waals surface area contributed by atoms with Gasteiger partial charge in [0.25, 0.3) is 0 Å². The van der Waals surface area contributed by atoms with E-state index in [0.29, 0.717) is 18.0 Å². The quantitative estimate of drug-likeness (QED) is 0.570. The summed E-state index contributed by atoms with van der Waals surface area (Å²) < 4.78 is 16.9. The van der Waals surface area contributed by atoms with E-state index in [1.54, 1.807) is 7.11 Å². The van der Waals surface area contributed by atoms with Gasteiger partial charge in [-0.25, -0.2) is 0 Å². The minimum Gasteiger partial charge on any atom is -0.493 e. The minimum atomic E-state index is -0.515. The smallest absolute Gasteiger partial charge is 0.161 e. The topological polar surface area (TPSA) is 57.6 Å². The van der Waals surface area contributed by atoms with Crippen molar-refractivity contribution in [2.75, 3.05) is 80.3 Å². The first kappa shape index (κ1) is 24.3. The predicted octanol–water partition coefficient (Wildman–Crippen LogP) is 1.93. The molecule has 3 rings (SSSR count). The van der Waals surface area contributed by atoms with Gasteiger partial charge in [-0.3, -0.25) is 4.90 Å². The van der Waals surface area contributed by atoms with Crippen molar-refractivity contribution >= 4 is 0 Å². The van der Waals surface area contributed by atoms with Gasteiger partial charge in [0.05, 0.1) is 7.11 Å². The molecule has 1 aromatic carbocycles. The Hall–Kier alpha value is -1.38.